The summed E-state index contributed by atoms with van der Waals surface area (Å²) in [7, 11) is 0. The van der Waals surface area contributed by atoms with Crippen molar-refractivity contribution in [1.82, 2.24) is 5.32 Å². The number of nitrogens with one attached hydrogen (secondary N) is 1. The molecule has 1 aliphatic rings. The average Bonchev–Trinajstić information content (AvgIpc) is 2.68. The maximum Gasteiger partial charge on any atom is 0.0906 e. The number of hydrogen-bond donors (Lipinski definition) is 1. The molecule has 2 heteroatoms. The van der Waals surface area contributed by atoms with Crippen molar-refractivity contribution in [2.75, 3.05) is 13.2 Å². The smallest absolute Gasteiger partial charge is 0.0906 e. The first-order valence-corrected chi connectivity index (χ1v) is 4.48. The largest absolute Gasteiger partial charge is 0.311 e. The lowest BCUT2D eigenvalue weighted by Crippen LogP contribution is -2.41. The van der Waals surface area contributed by atoms with Crippen LogP contribution in [0.1, 0.15) is 33.1 Å². The van der Waals surface area contributed by atoms with Crippen molar-refractivity contribution < 1.29 is 4.39 Å². The van der Waals surface area contributed by atoms with Gasteiger partial charge in [0, 0.05) is 5.54 Å². The molecule has 0 unspecified atom stereocenters. The maximum absolute atomic E-state index is 11.7. The van der Waals surface area contributed by atoms with Gasteiger partial charge >= 0.3 is 0 Å². The zero-order valence-electron chi connectivity index (χ0n) is 7.49. The van der Waals surface area contributed by atoms with Crippen LogP contribution in [0.5, 0.6) is 0 Å². The molecule has 1 aliphatic carbocycles. The van der Waals surface area contributed by atoms with Gasteiger partial charge in [-0.3, -0.25) is 4.39 Å². The van der Waals surface area contributed by atoms with E-state index in [-0.39, 0.29) is 12.2 Å². The third kappa shape index (κ3) is 2.78. The fourth-order valence-corrected chi connectivity index (χ4v) is 1.43. The van der Waals surface area contributed by atoms with Crippen LogP contribution in [0.15, 0.2) is 0 Å². The Morgan fingerprint density at radius 2 is 2.09 bits per heavy atom. The van der Waals surface area contributed by atoms with E-state index in [0.29, 0.717) is 6.42 Å². The maximum atomic E-state index is 11.7. The summed E-state index contributed by atoms with van der Waals surface area (Å²) in [4.78, 5) is 0. The van der Waals surface area contributed by atoms with E-state index in [2.05, 4.69) is 19.2 Å². The van der Waals surface area contributed by atoms with E-state index >= 15 is 0 Å². The lowest BCUT2D eigenvalue weighted by molar-refractivity contribution is 0.329. The van der Waals surface area contributed by atoms with E-state index in [9.17, 15) is 4.39 Å². The molecular formula is C9H18FN. The summed E-state index contributed by atoms with van der Waals surface area (Å²) >= 11 is 0. The van der Waals surface area contributed by atoms with Crippen molar-refractivity contribution >= 4 is 0 Å². The second-order valence-corrected chi connectivity index (χ2v) is 3.97. The van der Waals surface area contributed by atoms with Crippen LogP contribution in [0.4, 0.5) is 4.39 Å². The highest BCUT2D eigenvalue weighted by Gasteiger charge is 2.36. The predicted octanol–water partition coefficient (Wildman–Crippen LogP) is 2.12. The van der Waals surface area contributed by atoms with E-state index in [0.717, 1.165) is 12.5 Å². The van der Waals surface area contributed by atoms with Crippen LogP contribution in [-0.2, 0) is 0 Å². The summed E-state index contributed by atoms with van der Waals surface area (Å²) < 4.78 is 11.7. The predicted molar refractivity (Wildman–Crippen MR) is 45.4 cm³/mol. The van der Waals surface area contributed by atoms with Gasteiger partial charge in [0.25, 0.3) is 0 Å². The van der Waals surface area contributed by atoms with Gasteiger partial charge in [0.05, 0.1) is 6.67 Å². The van der Waals surface area contributed by atoms with Crippen molar-refractivity contribution in [2.24, 2.45) is 5.92 Å². The molecule has 0 heterocycles. The van der Waals surface area contributed by atoms with Crippen molar-refractivity contribution in [3.05, 3.63) is 0 Å². The molecule has 0 bridgehead atoms. The Kier molecular flexibility index (Phi) is 2.88. The Hall–Kier alpha value is -0.110. The first-order valence-electron chi connectivity index (χ1n) is 4.48. The van der Waals surface area contributed by atoms with E-state index in [4.69, 9.17) is 0 Å². The Morgan fingerprint density at radius 3 is 2.55 bits per heavy atom. The molecule has 1 fully saturated rings. The Balaban J connectivity index is 2.12. The second-order valence-electron chi connectivity index (χ2n) is 3.97. The fourth-order valence-electron chi connectivity index (χ4n) is 1.43. The Morgan fingerprint density at radius 1 is 1.45 bits per heavy atom. The number of hydrogen-bond acceptors (Lipinski definition) is 1. The normalized spacial score (nSPS) is 18.8. The molecule has 1 N–H and O–H groups in total. The molecule has 1 saturated carbocycles. The van der Waals surface area contributed by atoms with Crippen molar-refractivity contribution in [3.63, 3.8) is 0 Å². The molecular weight excluding hydrogens is 141 g/mol. The molecule has 1 rings (SSSR count). The van der Waals surface area contributed by atoms with Crippen LogP contribution in [-0.4, -0.2) is 18.8 Å². The molecule has 0 atom stereocenters. The number of alkyl halides is 1. The number of rotatable bonds is 5. The zero-order chi connectivity index (χ0) is 8.32. The summed E-state index contributed by atoms with van der Waals surface area (Å²) in [6.45, 7) is 5.04. The summed E-state index contributed by atoms with van der Waals surface area (Å²) in [6.07, 6.45) is 3.33. The lowest BCUT2D eigenvalue weighted by Gasteiger charge is -2.25. The van der Waals surface area contributed by atoms with Crippen LogP contribution < -0.4 is 5.32 Å². The van der Waals surface area contributed by atoms with Crippen LogP contribution in [0.3, 0.4) is 0 Å². The SMILES string of the molecule is CC(C)(NCCCF)C1CC1. The first kappa shape index (κ1) is 8.98. The van der Waals surface area contributed by atoms with Gasteiger partial charge in [-0.15, -0.1) is 0 Å². The molecule has 0 aliphatic heterocycles. The fraction of sp³-hybridized carbons (Fsp3) is 1.00. The van der Waals surface area contributed by atoms with Crippen molar-refractivity contribution in [2.45, 2.75) is 38.6 Å². The summed E-state index contributed by atoms with van der Waals surface area (Å²) in [5.41, 5.74) is 0.245. The molecule has 0 amide bonds. The molecule has 66 valence electrons. The minimum absolute atomic E-state index is 0.201. The quantitative estimate of drug-likeness (QED) is 0.606. The van der Waals surface area contributed by atoms with Gasteiger partial charge in [0.1, 0.15) is 0 Å². The van der Waals surface area contributed by atoms with Crippen LogP contribution in [0, 0.1) is 5.92 Å². The molecule has 0 aromatic carbocycles. The van der Waals surface area contributed by atoms with Crippen LogP contribution in [0.25, 0.3) is 0 Å². The highest BCUT2D eigenvalue weighted by atomic mass is 19.1. The molecule has 0 radical (unpaired) electrons. The van der Waals surface area contributed by atoms with Gasteiger partial charge in [-0.25, -0.2) is 0 Å². The van der Waals surface area contributed by atoms with E-state index in [1.807, 2.05) is 0 Å². The van der Waals surface area contributed by atoms with Crippen molar-refractivity contribution in [1.29, 1.82) is 0 Å². The van der Waals surface area contributed by atoms with E-state index in [1.54, 1.807) is 0 Å². The second kappa shape index (κ2) is 3.53. The highest BCUT2D eigenvalue weighted by molar-refractivity contribution is 4.94. The molecule has 0 aromatic heterocycles. The zero-order valence-corrected chi connectivity index (χ0v) is 7.49. The minimum Gasteiger partial charge on any atom is -0.311 e. The van der Waals surface area contributed by atoms with Crippen molar-refractivity contribution in [3.8, 4) is 0 Å². The first-order chi connectivity index (χ1) is 5.17. The molecule has 11 heavy (non-hydrogen) atoms. The van der Waals surface area contributed by atoms with Gasteiger partial charge in [-0.2, -0.15) is 0 Å². The minimum atomic E-state index is -0.201. The Labute approximate surface area is 68.4 Å². The third-order valence-electron chi connectivity index (χ3n) is 2.49. The van der Waals surface area contributed by atoms with Gasteiger partial charge in [0.15, 0.2) is 0 Å². The summed E-state index contributed by atoms with van der Waals surface area (Å²) in [5.74, 6) is 0.835. The molecule has 0 aromatic rings. The third-order valence-corrected chi connectivity index (χ3v) is 2.49. The highest BCUT2D eigenvalue weighted by Crippen LogP contribution is 2.38. The Bertz CT molecular complexity index is 119. The monoisotopic (exact) mass is 159 g/mol. The summed E-state index contributed by atoms with van der Waals surface area (Å²) in [5, 5.41) is 3.38. The number of halogens is 1. The topological polar surface area (TPSA) is 12.0 Å². The van der Waals surface area contributed by atoms with Gasteiger partial charge < -0.3 is 5.32 Å². The van der Waals surface area contributed by atoms with Gasteiger partial charge in [-0.05, 0) is 45.6 Å². The molecule has 0 saturated heterocycles. The van der Waals surface area contributed by atoms with E-state index in [1.165, 1.54) is 12.8 Å². The van der Waals surface area contributed by atoms with Crippen LogP contribution >= 0.6 is 0 Å². The van der Waals surface area contributed by atoms with Crippen LogP contribution in [0.2, 0.25) is 0 Å². The van der Waals surface area contributed by atoms with Gasteiger partial charge in [0.2, 0.25) is 0 Å². The van der Waals surface area contributed by atoms with E-state index < -0.39 is 0 Å². The average molecular weight is 159 g/mol. The summed E-state index contributed by atoms with van der Waals surface area (Å²) in [6, 6.07) is 0. The molecule has 1 nitrogen and oxygen atoms in total. The standard InChI is InChI=1S/C9H18FN/c1-9(2,8-4-5-8)11-7-3-6-10/h8,11H,3-7H2,1-2H3. The van der Waals surface area contributed by atoms with Gasteiger partial charge in [-0.1, -0.05) is 0 Å². The molecule has 0 spiro atoms. The lowest BCUT2D eigenvalue weighted by atomic mass is 9.99.